The summed E-state index contributed by atoms with van der Waals surface area (Å²) in [6, 6.07) is 10.8. The molecule has 34 heavy (non-hydrogen) atoms. The Morgan fingerprint density at radius 1 is 1.18 bits per heavy atom. The van der Waals surface area contributed by atoms with Crippen LogP contribution in [0.15, 0.2) is 65.5 Å². The number of ether oxygens (including phenoxy) is 1. The molecule has 4 aromatic rings. The molecule has 7 nitrogen and oxygen atoms in total. The Morgan fingerprint density at radius 3 is 2.76 bits per heavy atom. The van der Waals surface area contributed by atoms with E-state index < -0.39 is 12.4 Å². The van der Waals surface area contributed by atoms with Crippen molar-refractivity contribution in [3.8, 4) is 34.1 Å². The molecule has 172 valence electrons. The van der Waals surface area contributed by atoms with Crippen LogP contribution in [-0.4, -0.2) is 32.4 Å². The van der Waals surface area contributed by atoms with E-state index in [1.807, 2.05) is 0 Å². The average Bonchev–Trinajstić information content (AvgIpc) is 3.42. The highest BCUT2D eigenvalue weighted by Gasteiger charge is 2.32. The lowest BCUT2D eigenvalue weighted by Gasteiger charge is -2.12. The van der Waals surface area contributed by atoms with Crippen LogP contribution in [0, 0.1) is 0 Å². The number of carbonyl (C=O) groups excluding carboxylic acids is 1. The molecule has 1 atom stereocenters. The molecule has 0 saturated carbocycles. The summed E-state index contributed by atoms with van der Waals surface area (Å²) < 4.78 is 44.7. The highest BCUT2D eigenvalue weighted by Crippen LogP contribution is 2.36. The molecule has 1 unspecified atom stereocenters. The molecule has 1 aliphatic heterocycles. The normalized spacial score (nSPS) is 15.2. The lowest BCUT2D eigenvalue weighted by molar-refractivity contribution is -0.274. The molecular weight excluding hydrogens is 515 g/mol. The fourth-order valence-corrected chi connectivity index (χ4v) is 4.40. The summed E-state index contributed by atoms with van der Waals surface area (Å²) in [5.74, 6) is -0.367. The number of hydrogen-bond donors (Lipinski definition) is 1. The number of nitrogens with one attached hydrogen (secondary N) is 1. The largest absolute Gasteiger partial charge is 0.573 e. The van der Waals surface area contributed by atoms with Gasteiger partial charge in [0.2, 0.25) is 0 Å². The SMILES string of the molecule is O=CC1NCc2c1ccnc2-c1cc(-c2cc(Br)cc(OC(F)(F)F)c2)n(-c2cccnc2)n1. The van der Waals surface area contributed by atoms with Crippen LogP contribution in [-0.2, 0) is 11.3 Å². The van der Waals surface area contributed by atoms with Crippen LogP contribution in [0.25, 0.3) is 28.3 Å². The van der Waals surface area contributed by atoms with Gasteiger partial charge in [-0.15, -0.1) is 13.2 Å². The number of benzene rings is 1. The Hall–Kier alpha value is -3.57. The van der Waals surface area contributed by atoms with Gasteiger partial charge in [-0.2, -0.15) is 5.10 Å². The number of pyridine rings is 2. The second kappa shape index (κ2) is 8.65. The molecule has 11 heteroatoms. The monoisotopic (exact) mass is 529 g/mol. The van der Waals surface area contributed by atoms with Gasteiger partial charge in [0, 0.05) is 29.0 Å². The molecule has 0 fully saturated rings. The third-order valence-electron chi connectivity index (χ3n) is 5.31. The molecule has 1 aromatic carbocycles. The zero-order chi connectivity index (χ0) is 23.9. The molecule has 0 amide bonds. The van der Waals surface area contributed by atoms with Gasteiger partial charge in [-0.1, -0.05) is 15.9 Å². The molecule has 0 bridgehead atoms. The van der Waals surface area contributed by atoms with Crippen LogP contribution >= 0.6 is 15.9 Å². The number of rotatable bonds is 5. The van der Waals surface area contributed by atoms with E-state index in [4.69, 9.17) is 5.10 Å². The molecule has 4 heterocycles. The van der Waals surface area contributed by atoms with E-state index in [0.717, 1.165) is 17.4 Å². The molecule has 5 rings (SSSR count). The minimum absolute atomic E-state index is 0.367. The predicted octanol–water partition coefficient (Wildman–Crippen LogP) is 5.00. The van der Waals surface area contributed by atoms with Crippen LogP contribution in [0.5, 0.6) is 5.75 Å². The number of fused-ring (bicyclic) bond motifs is 1. The number of aromatic nitrogens is 4. The summed E-state index contributed by atoms with van der Waals surface area (Å²) in [4.78, 5) is 20.0. The van der Waals surface area contributed by atoms with Crippen molar-refractivity contribution < 1.29 is 22.7 Å². The molecule has 0 aliphatic carbocycles. The van der Waals surface area contributed by atoms with Gasteiger partial charge in [-0.05, 0) is 53.6 Å². The molecule has 1 aliphatic rings. The summed E-state index contributed by atoms with van der Waals surface area (Å²) in [5, 5.41) is 7.83. The number of nitrogens with zero attached hydrogens (tertiary/aromatic N) is 4. The van der Waals surface area contributed by atoms with Gasteiger partial charge in [-0.3, -0.25) is 15.3 Å². The number of carbonyl (C=O) groups is 1. The summed E-state index contributed by atoms with van der Waals surface area (Å²) in [7, 11) is 0. The third-order valence-corrected chi connectivity index (χ3v) is 5.76. The van der Waals surface area contributed by atoms with E-state index >= 15 is 0 Å². The fourth-order valence-electron chi connectivity index (χ4n) is 3.93. The lowest BCUT2D eigenvalue weighted by atomic mass is 10.0. The van der Waals surface area contributed by atoms with Crippen molar-refractivity contribution in [2.75, 3.05) is 0 Å². The average molecular weight is 530 g/mol. The summed E-state index contributed by atoms with van der Waals surface area (Å²) in [6.45, 7) is 0.442. The minimum Gasteiger partial charge on any atom is -0.406 e. The van der Waals surface area contributed by atoms with Gasteiger partial charge in [0.05, 0.1) is 29.3 Å². The summed E-state index contributed by atoms with van der Waals surface area (Å²) in [6.07, 6.45) is 0.814. The van der Waals surface area contributed by atoms with Gasteiger partial charge in [0.25, 0.3) is 0 Å². The van der Waals surface area contributed by atoms with Gasteiger partial charge >= 0.3 is 6.36 Å². The highest BCUT2D eigenvalue weighted by atomic mass is 79.9. The van der Waals surface area contributed by atoms with Gasteiger partial charge in [0.1, 0.15) is 17.7 Å². The third kappa shape index (κ3) is 4.31. The second-order valence-corrected chi connectivity index (χ2v) is 8.40. The number of alkyl halides is 3. The first kappa shape index (κ1) is 22.2. The van der Waals surface area contributed by atoms with E-state index in [-0.39, 0.29) is 5.75 Å². The van der Waals surface area contributed by atoms with E-state index in [1.165, 1.54) is 12.1 Å². The van der Waals surface area contributed by atoms with E-state index in [2.05, 4.69) is 36.0 Å². The van der Waals surface area contributed by atoms with E-state index in [1.54, 1.807) is 53.6 Å². The van der Waals surface area contributed by atoms with Crippen molar-refractivity contribution in [2.24, 2.45) is 0 Å². The maximum atomic E-state index is 12.9. The first-order chi connectivity index (χ1) is 16.3. The molecule has 0 spiro atoms. The molecule has 1 N–H and O–H groups in total. The zero-order valence-corrected chi connectivity index (χ0v) is 18.8. The standard InChI is InChI=1S/C23H15BrF3N5O2/c24-14-6-13(7-16(8-14)34-23(25,26)27)21-9-19(31-32(21)15-2-1-4-28-10-15)22-18-11-30-20(12-33)17(18)3-5-29-22/h1-10,12,20,30H,11H2. The van der Waals surface area contributed by atoms with E-state index in [0.29, 0.717) is 39.4 Å². The Morgan fingerprint density at radius 2 is 2.03 bits per heavy atom. The van der Waals surface area contributed by atoms with Crippen molar-refractivity contribution in [3.63, 3.8) is 0 Å². The van der Waals surface area contributed by atoms with Crippen molar-refractivity contribution in [2.45, 2.75) is 18.9 Å². The molecule has 0 radical (unpaired) electrons. The topological polar surface area (TPSA) is 81.9 Å². The summed E-state index contributed by atoms with van der Waals surface area (Å²) >= 11 is 3.26. The van der Waals surface area contributed by atoms with Crippen LogP contribution in [0.2, 0.25) is 0 Å². The van der Waals surface area contributed by atoms with Crippen molar-refractivity contribution in [1.29, 1.82) is 0 Å². The van der Waals surface area contributed by atoms with E-state index in [9.17, 15) is 18.0 Å². The van der Waals surface area contributed by atoms with Gasteiger partial charge < -0.3 is 9.53 Å². The first-order valence-corrected chi connectivity index (χ1v) is 10.9. The predicted molar refractivity (Wildman–Crippen MR) is 120 cm³/mol. The number of halogens is 4. The Bertz CT molecular complexity index is 1380. The number of hydrogen-bond acceptors (Lipinski definition) is 6. The van der Waals surface area contributed by atoms with Crippen molar-refractivity contribution >= 4 is 22.2 Å². The maximum absolute atomic E-state index is 12.9. The maximum Gasteiger partial charge on any atom is 0.573 e. The highest BCUT2D eigenvalue weighted by molar-refractivity contribution is 9.10. The van der Waals surface area contributed by atoms with Crippen LogP contribution < -0.4 is 10.1 Å². The Kier molecular flexibility index (Phi) is 5.66. The van der Waals surface area contributed by atoms with Gasteiger partial charge in [0.15, 0.2) is 0 Å². The summed E-state index contributed by atoms with van der Waals surface area (Å²) in [5.41, 5.74) is 4.31. The molecular formula is C23H15BrF3N5O2. The first-order valence-electron chi connectivity index (χ1n) is 10.1. The minimum atomic E-state index is -4.83. The van der Waals surface area contributed by atoms with Crippen LogP contribution in [0.3, 0.4) is 0 Å². The molecule has 3 aromatic heterocycles. The number of aldehydes is 1. The van der Waals surface area contributed by atoms with Crippen LogP contribution in [0.4, 0.5) is 13.2 Å². The molecule has 0 saturated heterocycles. The lowest BCUT2D eigenvalue weighted by Crippen LogP contribution is -2.17. The zero-order valence-electron chi connectivity index (χ0n) is 17.3. The quantitative estimate of drug-likeness (QED) is 0.366. The smallest absolute Gasteiger partial charge is 0.406 e. The fraction of sp³-hybridized carbons (Fsp3) is 0.130. The van der Waals surface area contributed by atoms with Crippen LogP contribution in [0.1, 0.15) is 17.2 Å². The Labute approximate surface area is 199 Å². The Balaban J connectivity index is 1.68. The van der Waals surface area contributed by atoms with Gasteiger partial charge in [-0.25, -0.2) is 4.68 Å². The second-order valence-electron chi connectivity index (χ2n) is 7.48. The van der Waals surface area contributed by atoms with Crippen molar-refractivity contribution in [1.82, 2.24) is 25.1 Å². The van der Waals surface area contributed by atoms with Crippen molar-refractivity contribution in [3.05, 3.63) is 76.7 Å².